The molecule has 0 saturated heterocycles. The summed E-state index contributed by atoms with van der Waals surface area (Å²) in [6.07, 6.45) is 2.32. The van der Waals surface area contributed by atoms with E-state index in [4.69, 9.17) is 5.26 Å². The summed E-state index contributed by atoms with van der Waals surface area (Å²) in [4.78, 5) is 18.9. The lowest BCUT2D eigenvalue weighted by Crippen LogP contribution is -2.34. The van der Waals surface area contributed by atoms with Crippen molar-refractivity contribution in [1.29, 1.82) is 10.5 Å². The number of aryl methyl sites for hydroxylation is 1. The van der Waals surface area contributed by atoms with Crippen molar-refractivity contribution in [3.63, 3.8) is 0 Å². The van der Waals surface area contributed by atoms with Crippen LogP contribution in [0.15, 0.2) is 16.9 Å². The summed E-state index contributed by atoms with van der Waals surface area (Å²) >= 11 is 0. The van der Waals surface area contributed by atoms with Crippen LogP contribution in [0.4, 0.5) is 5.69 Å². The van der Waals surface area contributed by atoms with Crippen molar-refractivity contribution in [2.45, 2.75) is 25.8 Å². The first-order valence-electron chi connectivity index (χ1n) is 7.56. The van der Waals surface area contributed by atoms with E-state index in [0.29, 0.717) is 22.6 Å². The van der Waals surface area contributed by atoms with Gasteiger partial charge >= 0.3 is 0 Å². The van der Waals surface area contributed by atoms with E-state index in [9.17, 15) is 10.1 Å². The van der Waals surface area contributed by atoms with Crippen molar-refractivity contribution < 1.29 is 0 Å². The molecule has 0 amide bonds. The second-order valence-electron chi connectivity index (χ2n) is 6.06. The zero-order chi connectivity index (χ0) is 16.7. The van der Waals surface area contributed by atoms with Gasteiger partial charge in [-0.1, -0.05) is 0 Å². The van der Waals surface area contributed by atoms with Crippen molar-refractivity contribution in [2.24, 2.45) is 13.0 Å². The average Bonchev–Trinajstić information content (AvgIpc) is 3.40. The van der Waals surface area contributed by atoms with Crippen molar-refractivity contribution >= 4 is 16.7 Å². The molecule has 2 aromatic heterocycles. The summed E-state index contributed by atoms with van der Waals surface area (Å²) in [5.74, 6) is 0.574. The van der Waals surface area contributed by atoms with Gasteiger partial charge in [-0.05, 0) is 37.8 Å². The molecule has 23 heavy (non-hydrogen) atoms. The topological polar surface area (TPSA) is 85.7 Å². The Balaban J connectivity index is 2.37. The molecular weight excluding hydrogens is 290 g/mol. The zero-order valence-electron chi connectivity index (χ0n) is 13.4. The first-order chi connectivity index (χ1) is 11.0. The molecule has 0 aliphatic heterocycles. The lowest BCUT2D eigenvalue weighted by Gasteiger charge is -2.28. The predicted octanol–water partition coefficient (Wildman–Crippen LogP) is 1.91. The van der Waals surface area contributed by atoms with Gasteiger partial charge in [-0.15, -0.1) is 0 Å². The SMILES string of the molecule is CC(C1CC1)N(C)c1c(C#N)c(=O)n(C)c2ccc(C#N)nc12. The minimum Gasteiger partial charge on any atom is -0.369 e. The molecular formula is C17H17N5O. The van der Waals surface area contributed by atoms with Gasteiger partial charge in [0.05, 0.1) is 11.2 Å². The number of rotatable bonds is 3. The molecule has 1 fully saturated rings. The van der Waals surface area contributed by atoms with E-state index in [2.05, 4.69) is 11.9 Å². The van der Waals surface area contributed by atoms with Crippen LogP contribution < -0.4 is 10.5 Å². The van der Waals surface area contributed by atoms with Crippen molar-refractivity contribution in [3.05, 3.63) is 33.7 Å². The maximum absolute atomic E-state index is 12.5. The number of anilines is 1. The smallest absolute Gasteiger partial charge is 0.270 e. The van der Waals surface area contributed by atoms with Crippen molar-refractivity contribution in [1.82, 2.24) is 9.55 Å². The molecule has 2 aromatic rings. The minimum atomic E-state index is -0.337. The molecule has 0 N–H and O–H groups in total. The third kappa shape index (κ3) is 2.33. The average molecular weight is 307 g/mol. The van der Waals surface area contributed by atoms with Crippen LogP contribution in [-0.4, -0.2) is 22.6 Å². The van der Waals surface area contributed by atoms with Gasteiger partial charge in [0.15, 0.2) is 0 Å². The Morgan fingerprint density at radius 1 is 1.35 bits per heavy atom. The van der Waals surface area contributed by atoms with Crippen LogP contribution >= 0.6 is 0 Å². The van der Waals surface area contributed by atoms with Gasteiger partial charge in [-0.25, -0.2) is 4.98 Å². The van der Waals surface area contributed by atoms with Gasteiger partial charge in [0.1, 0.15) is 28.9 Å². The second kappa shape index (κ2) is 5.40. The van der Waals surface area contributed by atoms with Crippen molar-refractivity contribution in [3.8, 4) is 12.1 Å². The Labute approximate surface area is 134 Å². The quantitative estimate of drug-likeness (QED) is 0.864. The molecule has 1 atom stereocenters. The first-order valence-corrected chi connectivity index (χ1v) is 7.56. The molecule has 2 heterocycles. The van der Waals surface area contributed by atoms with E-state index < -0.39 is 0 Å². The Kier molecular flexibility index (Phi) is 3.54. The number of pyridine rings is 2. The van der Waals surface area contributed by atoms with Gasteiger partial charge < -0.3 is 9.47 Å². The van der Waals surface area contributed by atoms with E-state index in [1.807, 2.05) is 24.1 Å². The summed E-state index contributed by atoms with van der Waals surface area (Å²) in [7, 11) is 3.51. The Morgan fingerprint density at radius 3 is 2.61 bits per heavy atom. The third-order valence-corrected chi connectivity index (χ3v) is 4.71. The molecule has 1 unspecified atom stereocenters. The highest BCUT2D eigenvalue weighted by atomic mass is 16.1. The number of nitrogens with zero attached hydrogens (tertiary/aromatic N) is 5. The molecule has 0 aromatic carbocycles. The number of hydrogen-bond acceptors (Lipinski definition) is 5. The van der Waals surface area contributed by atoms with Crippen LogP contribution in [-0.2, 0) is 7.05 Å². The maximum atomic E-state index is 12.5. The maximum Gasteiger partial charge on any atom is 0.270 e. The van der Waals surface area contributed by atoms with Gasteiger partial charge in [0, 0.05) is 20.1 Å². The minimum absolute atomic E-state index is 0.0811. The standard InChI is InChI=1S/C17H17N5O/c1-10(11-4-5-11)21(2)16-13(9-19)17(23)22(3)14-7-6-12(8-18)20-15(14)16/h6-7,10-11H,4-5H2,1-3H3. The fraction of sp³-hybridized carbons (Fsp3) is 0.412. The number of aromatic nitrogens is 2. The number of fused-ring (bicyclic) bond motifs is 1. The molecule has 6 nitrogen and oxygen atoms in total. The third-order valence-electron chi connectivity index (χ3n) is 4.71. The Bertz CT molecular complexity index is 927. The molecule has 6 heteroatoms. The van der Waals surface area contributed by atoms with E-state index in [0.717, 1.165) is 12.8 Å². The van der Waals surface area contributed by atoms with E-state index in [1.54, 1.807) is 19.2 Å². The monoisotopic (exact) mass is 307 g/mol. The largest absolute Gasteiger partial charge is 0.369 e. The summed E-state index contributed by atoms with van der Waals surface area (Å²) in [6.45, 7) is 2.09. The van der Waals surface area contributed by atoms with E-state index in [1.165, 1.54) is 4.57 Å². The Morgan fingerprint density at radius 2 is 2.04 bits per heavy atom. The molecule has 0 bridgehead atoms. The van der Waals surface area contributed by atoms with Crippen LogP contribution in [0.5, 0.6) is 0 Å². The van der Waals surface area contributed by atoms with Gasteiger partial charge in [0.2, 0.25) is 0 Å². The summed E-state index contributed by atoms with van der Waals surface area (Å²) in [5.41, 5.74) is 1.69. The molecule has 3 rings (SSSR count). The Hall–Kier alpha value is -2.86. The van der Waals surface area contributed by atoms with Crippen LogP contribution in [0, 0.1) is 28.6 Å². The lowest BCUT2D eigenvalue weighted by atomic mass is 10.1. The van der Waals surface area contributed by atoms with E-state index >= 15 is 0 Å². The molecule has 0 spiro atoms. The van der Waals surface area contributed by atoms with Crippen LogP contribution in [0.25, 0.3) is 11.0 Å². The van der Waals surface area contributed by atoms with Crippen LogP contribution in [0.2, 0.25) is 0 Å². The summed E-state index contributed by atoms with van der Waals surface area (Å²) in [6, 6.07) is 7.56. The second-order valence-corrected chi connectivity index (χ2v) is 6.06. The summed E-state index contributed by atoms with van der Waals surface area (Å²) in [5, 5.41) is 18.6. The van der Waals surface area contributed by atoms with Crippen molar-refractivity contribution in [2.75, 3.05) is 11.9 Å². The molecule has 1 aliphatic rings. The molecule has 1 aliphatic carbocycles. The first kappa shape index (κ1) is 15.1. The fourth-order valence-corrected chi connectivity index (χ4v) is 3.00. The number of hydrogen-bond donors (Lipinski definition) is 0. The fourth-order valence-electron chi connectivity index (χ4n) is 3.00. The highest BCUT2D eigenvalue weighted by Crippen LogP contribution is 2.38. The van der Waals surface area contributed by atoms with Gasteiger partial charge in [0.25, 0.3) is 5.56 Å². The zero-order valence-corrected chi connectivity index (χ0v) is 13.4. The molecule has 1 saturated carbocycles. The number of nitriles is 2. The van der Waals surface area contributed by atoms with Gasteiger partial charge in [-0.2, -0.15) is 10.5 Å². The lowest BCUT2D eigenvalue weighted by molar-refractivity contribution is 0.609. The van der Waals surface area contributed by atoms with Crippen LogP contribution in [0.3, 0.4) is 0 Å². The predicted molar refractivity (Wildman–Crippen MR) is 87.0 cm³/mol. The summed E-state index contributed by atoms with van der Waals surface area (Å²) < 4.78 is 1.42. The highest BCUT2D eigenvalue weighted by molar-refractivity contribution is 5.92. The highest BCUT2D eigenvalue weighted by Gasteiger charge is 2.33. The normalized spacial score (nSPS) is 15.0. The van der Waals surface area contributed by atoms with Crippen LogP contribution in [0.1, 0.15) is 31.0 Å². The van der Waals surface area contributed by atoms with Gasteiger partial charge in [-0.3, -0.25) is 4.79 Å². The molecule has 116 valence electrons. The molecule has 0 radical (unpaired) electrons. The van der Waals surface area contributed by atoms with E-state index in [-0.39, 0.29) is 22.9 Å².